The van der Waals surface area contributed by atoms with Crippen molar-refractivity contribution in [2.75, 3.05) is 19.7 Å². The summed E-state index contributed by atoms with van der Waals surface area (Å²) in [6.07, 6.45) is 4.28. The molecule has 1 saturated carbocycles. The van der Waals surface area contributed by atoms with Crippen molar-refractivity contribution in [2.24, 2.45) is 11.8 Å². The first-order valence-corrected chi connectivity index (χ1v) is 7.23. The summed E-state index contributed by atoms with van der Waals surface area (Å²) in [6, 6.07) is 0. The molecule has 4 heterocycles. The third-order valence-corrected chi connectivity index (χ3v) is 4.57. The van der Waals surface area contributed by atoms with Crippen molar-refractivity contribution in [1.29, 1.82) is 0 Å². The van der Waals surface area contributed by atoms with E-state index >= 15 is 0 Å². The van der Waals surface area contributed by atoms with Crippen LogP contribution in [0.15, 0.2) is 12.4 Å². The molecule has 0 radical (unpaired) electrons. The van der Waals surface area contributed by atoms with Gasteiger partial charge in [-0.3, -0.25) is 9.67 Å². The second-order valence-corrected chi connectivity index (χ2v) is 5.94. The molecule has 7 nitrogen and oxygen atoms in total. The van der Waals surface area contributed by atoms with Gasteiger partial charge in [-0.05, 0) is 18.3 Å². The van der Waals surface area contributed by atoms with Gasteiger partial charge in [0, 0.05) is 19.3 Å². The van der Waals surface area contributed by atoms with E-state index in [-0.39, 0.29) is 6.09 Å². The largest absolute Gasteiger partial charge is 0.488 e. The first-order valence-electron chi connectivity index (χ1n) is 7.23. The Morgan fingerprint density at radius 3 is 3.05 bits per heavy atom. The molecule has 1 amide bonds. The number of aromatic nitrogens is 3. The van der Waals surface area contributed by atoms with E-state index in [1.807, 2.05) is 4.68 Å². The number of carbonyl (C=O) groups is 1. The van der Waals surface area contributed by atoms with Crippen molar-refractivity contribution in [1.82, 2.24) is 19.7 Å². The molecule has 0 spiro atoms. The van der Waals surface area contributed by atoms with Gasteiger partial charge in [0.25, 0.3) is 5.88 Å². The zero-order valence-electron chi connectivity index (χ0n) is 11.4. The maximum absolute atomic E-state index is 12.2. The molecule has 2 aromatic rings. The minimum atomic E-state index is -0.306. The average molecular weight is 286 g/mol. The molecule has 0 bridgehead atoms. The molecule has 2 aliphatic heterocycles. The van der Waals surface area contributed by atoms with Crippen LogP contribution < -0.4 is 9.47 Å². The average Bonchev–Trinajstić information content (AvgIpc) is 2.95. The first-order chi connectivity index (χ1) is 10.3. The van der Waals surface area contributed by atoms with E-state index < -0.39 is 0 Å². The summed E-state index contributed by atoms with van der Waals surface area (Å²) in [6.45, 7) is 2.83. The Balaban J connectivity index is 1.48. The fourth-order valence-corrected chi connectivity index (χ4v) is 3.35. The fraction of sp³-hybridized carbons (Fsp3) is 0.500. The van der Waals surface area contributed by atoms with Crippen molar-refractivity contribution in [2.45, 2.75) is 13.0 Å². The predicted molar refractivity (Wildman–Crippen MR) is 72.2 cm³/mol. The Morgan fingerprint density at radius 2 is 2.19 bits per heavy atom. The zero-order chi connectivity index (χ0) is 14.0. The van der Waals surface area contributed by atoms with Gasteiger partial charge in [-0.2, -0.15) is 0 Å². The van der Waals surface area contributed by atoms with E-state index in [2.05, 4.69) is 10.1 Å². The maximum Gasteiger partial charge on any atom is 0.416 e. The summed E-state index contributed by atoms with van der Waals surface area (Å²) in [5.74, 6) is 2.40. The van der Waals surface area contributed by atoms with Crippen LogP contribution >= 0.6 is 0 Å². The van der Waals surface area contributed by atoms with E-state index in [0.29, 0.717) is 36.6 Å². The molecule has 21 heavy (non-hydrogen) atoms. The Kier molecular flexibility index (Phi) is 2.09. The Bertz CT molecular complexity index is 746. The number of amides is 1. The number of carbonyl (C=O) groups excluding carboxylic acids is 1. The highest BCUT2D eigenvalue weighted by atomic mass is 16.6. The van der Waals surface area contributed by atoms with Gasteiger partial charge in [-0.25, -0.2) is 4.79 Å². The van der Waals surface area contributed by atoms with Crippen LogP contribution in [0.5, 0.6) is 11.6 Å². The fourth-order valence-electron chi connectivity index (χ4n) is 3.35. The molecule has 0 N–H and O–H groups in total. The minimum Gasteiger partial charge on any atom is -0.488 e. The van der Waals surface area contributed by atoms with Crippen LogP contribution in [-0.2, 0) is 6.54 Å². The van der Waals surface area contributed by atoms with Crippen molar-refractivity contribution >= 4 is 17.0 Å². The lowest BCUT2D eigenvalue weighted by molar-refractivity contribution is 0.156. The smallest absolute Gasteiger partial charge is 0.416 e. The number of rotatable bonds is 1. The summed E-state index contributed by atoms with van der Waals surface area (Å²) < 4.78 is 12.9. The number of likely N-dealkylation sites (tertiary alicyclic amines) is 1. The van der Waals surface area contributed by atoms with E-state index in [1.54, 1.807) is 17.3 Å². The molecular weight excluding hydrogens is 272 g/mol. The third kappa shape index (κ3) is 1.63. The van der Waals surface area contributed by atoms with Crippen LogP contribution in [0.1, 0.15) is 6.42 Å². The lowest BCUT2D eigenvalue weighted by Gasteiger charge is -2.16. The van der Waals surface area contributed by atoms with Gasteiger partial charge < -0.3 is 14.4 Å². The monoisotopic (exact) mass is 286 g/mol. The molecule has 108 valence electrons. The van der Waals surface area contributed by atoms with E-state index in [0.717, 1.165) is 24.0 Å². The van der Waals surface area contributed by atoms with Crippen LogP contribution in [-0.4, -0.2) is 45.5 Å². The van der Waals surface area contributed by atoms with Gasteiger partial charge in [0.15, 0.2) is 5.75 Å². The summed E-state index contributed by atoms with van der Waals surface area (Å²) >= 11 is 0. The number of nitrogens with zero attached hydrogens (tertiary/aromatic N) is 4. The quantitative estimate of drug-likeness (QED) is 0.789. The molecule has 0 aromatic carbocycles. The highest BCUT2D eigenvalue weighted by molar-refractivity contribution is 5.90. The lowest BCUT2D eigenvalue weighted by atomic mass is 10.3. The Morgan fingerprint density at radius 1 is 1.33 bits per heavy atom. The lowest BCUT2D eigenvalue weighted by Crippen LogP contribution is -2.33. The topological polar surface area (TPSA) is 69.5 Å². The number of ether oxygens (including phenoxy) is 2. The molecule has 1 aliphatic carbocycles. The number of piperidine rings is 1. The second-order valence-electron chi connectivity index (χ2n) is 5.94. The van der Waals surface area contributed by atoms with Crippen LogP contribution in [0.2, 0.25) is 0 Å². The SMILES string of the molecule is O=C(Oc1nn2c3c(cncc13)OCC2)N1CC2CC2C1. The zero-order valence-corrected chi connectivity index (χ0v) is 11.4. The van der Waals surface area contributed by atoms with Crippen LogP contribution in [0.4, 0.5) is 4.79 Å². The molecule has 2 fully saturated rings. The summed E-state index contributed by atoms with van der Waals surface area (Å²) in [5.41, 5.74) is 0.850. The standard InChI is InChI=1S/C14H14N4O3/c19-14(17-6-8-3-9(8)7-17)21-13-10-4-15-5-11-12(10)18(16-13)1-2-20-11/h4-5,8-9H,1-3,6-7H2. The van der Waals surface area contributed by atoms with Gasteiger partial charge in [-0.1, -0.05) is 0 Å². The van der Waals surface area contributed by atoms with E-state index in [1.165, 1.54) is 6.42 Å². The van der Waals surface area contributed by atoms with Crippen molar-refractivity contribution in [3.05, 3.63) is 12.4 Å². The van der Waals surface area contributed by atoms with Crippen LogP contribution in [0.25, 0.3) is 10.9 Å². The van der Waals surface area contributed by atoms with Crippen LogP contribution in [0, 0.1) is 11.8 Å². The molecule has 3 aliphatic rings. The predicted octanol–water partition coefficient (Wildman–Crippen LogP) is 1.27. The number of fused-ring (bicyclic) bond motifs is 1. The molecule has 2 unspecified atom stereocenters. The number of hydrogen-bond acceptors (Lipinski definition) is 5. The van der Waals surface area contributed by atoms with Crippen LogP contribution in [0.3, 0.4) is 0 Å². The van der Waals surface area contributed by atoms with Gasteiger partial charge in [-0.15, -0.1) is 5.10 Å². The molecule has 2 aromatic heterocycles. The van der Waals surface area contributed by atoms with E-state index in [4.69, 9.17) is 9.47 Å². The summed E-state index contributed by atoms with van der Waals surface area (Å²) in [4.78, 5) is 18.1. The third-order valence-electron chi connectivity index (χ3n) is 4.57. The highest BCUT2D eigenvalue weighted by Crippen LogP contribution is 2.45. The summed E-state index contributed by atoms with van der Waals surface area (Å²) in [7, 11) is 0. The Labute approximate surface area is 120 Å². The number of hydrogen-bond donors (Lipinski definition) is 0. The second kappa shape index (κ2) is 3.87. The molecule has 1 saturated heterocycles. The molecular formula is C14H14N4O3. The van der Waals surface area contributed by atoms with Gasteiger partial charge in [0.2, 0.25) is 0 Å². The Hall–Kier alpha value is -2.31. The minimum absolute atomic E-state index is 0.306. The first kappa shape index (κ1) is 11.4. The van der Waals surface area contributed by atoms with E-state index in [9.17, 15) is 4.79 Å². The molecule has 5 rings (SSSR count). The maximum atomic E-state index is 12.2. The van der Waals surface area contributed by atoms with Crippen molar-refractivity contribution in [3.8, 4) is 11.6 Å². The summed E-state index contributed by atoms with van der Waals surface area (Å²) in [5, 5.41) is 5.12. The number of pyridine rings is 1. The van der Waals surface area contributed by atoms with Gasteiger partial charge in [0.05, 0.1) is 18.1 Å². The van der Waals surface area contributed by atoms with Crippen molar-refractivity contribution in [3.63, 3.8) is 0 Å². The molecule has 2 atom stereocenters. The van der Waals surface area contributed by atoms with Gasteiger partial charge in [0.1, 0.15) is 12.1 Å². The molecule has 7 heteroatoms. The highest BCUT2D eigenvalue weighted by Gasteiger charge is 2.47. The van der Waals surface area contributed by atoms with Crippen molar-refractivity contribution < 1.29 is 14.3 Å². The van der Waals surface area contributed by atoms with Gasteiger partial charge >= 0.3 is 6.09 Å². The normalized spacial score (nSPS) is 25.6.